The summed E-state index contributed by atoms with van der Waals surface area (Å²) in [5.74, 6) is 1.88. The molecule has 158 valence electrons. The fraction of sp³-hybridized carbons (Fsp3) is 0.609. The number of benzene rings is 1. The molecule has 0 fully saturated rings. The molecule has 1 aromatic carbocycles. The molecule has 1 rings (SSSR count). The van der Waals surface area contributed by atoms with E-state index in [0.29, 0.717) is 6.61 Å². The Kier molecular flexibility index (Phi) is 12.1. The van der Waals surface area contributed by atoms with E-state index in [-0.39, 0.29) is 0 Å². The van der Waals surface area contributed by atoms with Gasteiger partial charge in [0.05, 0.1) is 12.3 Å². The standard InChI is InChI=1S/C23H38N2O3/c1-7-9-14-27-22-16-19(3)23(20(4)17-22)28-15-12-10-11-13-25(8-2)18-21(5)24-26-6/h7,9,16-17H,8,10-15,18H2,1-6H3/b9-7+,24-21+. The molecule has 0 aliphatic heterocycles. The highest BCUT2D eigenvalue weighted by molar-refractivity contribution is 5.83. The molecule has 0 heterocycles. The number of nitrogens with zero attached hydrogens (tertiary/aromatic N) is 2. The van der Waals surface area contributed by atoms with Gasteiger partial charge in [0.25, 0.3) is 0 Å². The van der Waals surface area contributed by atoms with E-state index >= 15 is 0 Å². The number of rotatable bonds is 14. The zero-order chi connectivity index (χ0) is 20.8. The van der Waals surface area contributed by atoms with Crippen LogP contribution in [0.3, 0.4) is 0 Å². The molecule has 5 nitrogen and oxygen atoms in total. The number of hydrogen-bond donors (Lipinski definition) is 0. The van der Waals surface area contributed by atoms with Gasteiger partial charge in [0.1, 0.15) is 25.2 Å². The molecule has 28 heavy (non-hydrogen) atoms. The lowest BCUT2D eigenvalue weighted by atomic mass is 10.1. The normalized spacial score (nSPS) is 12.0. The van der Waals surface area contributed by atoms with Gasteiger partial charge in [-0.3, -0.25) is 4.90 Å². The number of unbranched alkanes of at least 4 members (excludes halogenated alkanes) is 2. The minimum absolute atomic E-state index is 0.598. The zero-order valence-corrected chi connectivity index (χ0v) is 18.6. The largest absolute Gasteiger partial charge is 0.493 e. The Morgan fingerprint density at radius 1 is 1.11 bits per heavy atom. The molecule has 0 unspecified atom stereocenters. The Bertz CT molecular complexity index is 603. The van der Waals surface area contributed by atoms with Gasteiger partial charge in [-0.15, -0.1) is 0 Å². The molecule has 0 aromatic heterocycles. The van der Waals surface area contributed by atoms with Crippen molar-refractivity contribution in [3.63, 3.8) is 0 Å². The monoisotopic (exact) mass is 390 g/mol. The summed E-state index contributed by atoms with van der Waals surface area (Å²) < 4.78 is 11.8. The summed E-state index contributed by atoms with van der Waals surface area (Å²) in [7, 11) is 1.59. The van der Waals surface area contributed by atoms with Gasteiger partial charge in [0, 0.05) is 6.54 Å². The lowest BCUT2D eigenvalue weighted by molar-refractivity contribution is 0.209. The van der Waals surface area contributed by atoms with Crippen LogP contribution in [0.5, 0.6) is 11.5 Å². The van der Waals surface area contributed by atoms with Crippen molar-refractivity contribution in [2.75, 3.05) is 40.0 Å². The summed E-state index contributed by atoms with van der Waals surface area (Å²) >= 11 is 0. The summed E-state index contributed by atoms with van der Waals surface area (Å²) in [5.41, 5.74) is 3.26. The minimum Gasteiger partial charge on any atom is -0.493 e. The van der Waals surface area contributed by atoms with E-state index in [1.807, 2.05) is 26.0 Å². The smallest absolute Gasteiger partial charge is 0.125 e. The number of hydrogen-bond acceptors (Lipinski definition) is 5. The van der Waals surface area contributed by atoms with Crippen LogP contribution in [0.4, 0.5) is 0 Å². The third-order valence-electron chi connectivity index (χ3n) is 4.53. The van der Waals surface area contributed by atoms with Crippen molar-refractivity contribution in [1.29, 1.82) is 0 Å². The number of allylic oxidation sites excluding steroid dienone is 1. The van der Waals surface area contributed by atoms with Crippen molar-refractivity contribution in [2.45, 2.75) is 53.9 Å². The molecule has 0 N–H and O–H groups in total. The van der Waals surface area contributed by atoms with Gasteiger partial charge in [0.2, 0.25) is 0 Å². The first kappa shape index (κ1) is 24.0. The van der Waals surface area contributed by atoms with Gasteiger partial charge in [-0.05, 0) is 83.3 Å². The fourth-order valence-corrected chi connectivity index (χ4v) is 3.11. The van der Waals surface area contributed by atoms with Crippen LogP contribution >= 0.6 is 0 Å². The van der Waals surface area contributed by atoms with Crippen LogP contribution < -0.4 is 9.47 Å². The van der Waals surface area contributed by atoms with Crippen LogP contribution in [0.1, 0.15) is 51.2 Å². The van der Waals surface area contributed by atoms with Gasteiger partial charge in [0.15, 0.2) is 0 Å². The van der Waals surface area contributed by atoms with Crippen molar-refractivity contribution in [2.24, 2.45) is 5.16 Å². The van der Waals surface area contributed by atoms with E-state index in [0.717, 1.165) is 73.8 Å². The van der Waals surface area contributed by atoms with E-state index in [1.54, 1.807) is 7.11 Å². The molecule has 0 radical (unpaired) electrons. The number of ether oxygens (including phenoxy) is 2. The van der Waals surface area contributed by atoms with Crippen molar-refractivity contribution in [1.82, 2.24) is 4.90 Å². The summed E-state index contributed by atoms with van der Waals surface area (Å²) in [6.07, 6.45) is 7.36. The van der Waals surface area contributed by atoms with Crippen molar-refractivity contribution in [3.05, 3.63) is 35.4 Å². The highest BCUT2D eigenvalue weighted by Gasteiger charge is 2.08. The molecule has 0 atom stereocenters. The Labute approximate surface area is 171 Å². The maximum absolute atomic E-state index is 6.06. The third-order valence-corrected chi connectivity index (χ3v) is 4.53. The quantitative estimate of drug-likeness (QED) is 0.191. The van der Waals surface area contributed by atoms with Gasteiger partial charge >= 0.3 is 0 Å². The molecule has 0 aliphatic rings. The summed E-state index contributed by atoms with van der Waals surface area (Å²) in [6.45, 7) is 14.6. The Morgan fingerprint density at radius 3 is 2.43 bits per heavy atom. The predicted molar refractivity (Wildman–Crippen MR) is 118 cm³/mol. The zero-order valence-electron chi connectivity index (χ0n) is 18.6. The van der Waals surface area contributed by atoms with Crippen molar-refractivity contribution in [3.8, 4) is 11.5 Å². The molecule has 0 saturated carbocycles. The highest BCUT2D eigenvalue weighted by atomic mass is 16.6. The average Bonchev–Trinajstić information content (AvgIpc) is 2.65. The maximum Gasteiger partial charge on any atom is 0.125 e. The maximum atomic E-state index is 6.06. The van der Waals surface area contributed by atoms with Gasteiger partial charge in [-0.1, -0.05) is 24.2 Å². The Morgan fingerprint density at radius 2 is 1.82 bits per heavy atom. The van der Waals surface area contributed by atoms with Crippen LogP contribution in [0.25, 0.3) is 0 Å². The van der Waals surface area contributed by atoms with Gasteiger partial charge in [-0.2, -0.15) is 0 Å². The lowest BCUT2D eigenvalue weighted by Crippen LogP contribution is -2.29. The molecule has 0 saturated heterocycles. The van der Waals surface area contributed by atoms with Gasteiger partial charge < -0.3 is 14.3 Å². The molecule has 1 aromatic rings. The fourth-order valence-electron chi connectivity index (χ4n) is 3.11. The second-order valence-electron chi connectivity index (χ2n) is 7.05. The summed E-state index contributed by atoms with van der Waals surface area (Å²) in [6, 6.07) is 4.10. The molecular weight excluding hydrogens is 352 g/mol. The highest BCUT2D eigenvalue weighted by Crippen LogP contribution is 2.28. The summed E-state index contributed by atoms with van der Waals surface area (Å²) in [4.78, 5) is 7.22. The van der Waals surface area contributed by atoms with Crippen LogP contribution in [-0.2, 0) is 4.84 Å². The van der Waals surface area contributed by atoms with E-state index in [1.165, 1.54) is 0 Å². The topological polar surface area (TPSA) is 43.3 Å². The Balaban J connectivity index is 2.34. The molecular formula is C23H38N2O3. The molecule has 5 heteroatoms. The number of aryl methyl sites for hydroxylation is 2. The second-order valence-corrected chi connectivity index (χ2v) is 7.05. The van der Waals surface area contributed by atoms with Crippen LogP contribution in [0, 0.1) is 13.8 Å². The number of oxime groups is 1. The first-order valence-corrected chi connectivity index (χ1v) is 10.3. The molecule has 0 amide bonds. The minimum atomic E-state index is 0.598. The average molecular weight is 391 g/mol. The van der Waals surface area contributed by atoms with Crippen LogP contribution in [0.15, 0.2) is 29.4 Å². The van der Waals surface area contributed by atoms with E-state index in [4.69, 9.17) is 14.3 Å². The predicted octanol–water partition coefficient (Wildman–Crippen LogP) is 5.15. The molecule has 0 aliphatic carbocycles. The van der Waals surface area contributed by atoms with Crippen molar-refractivity contribution >= 4 is 5.71 Å². The summed E-state index contributed by atoms with van der Waals surface area (Å²) in [5, 5.41) is 3.99. The lowest BCUT2D eigenvalue weighted by Gasteiger charge is -2.19. The SMILES string of the molecule is C/C=C/COc1cc(C)c(OCCCCCN(CC)C/C(C)=N/OC)c(C)c1. The van der Waals surface area contributed by atoms with Crippen LogP contribution in [-0.4, -0.2) is 50.6 Å². The molecule has 0 spiro atoms. The third kappa shape index (κ3) is 9.27. The second kappa shape index (κ2) is 14.1. The van der Waals surface area contributed by atoms with E-state index in [2.05, 4.69) is 43.0 Å². The Hall–Kier alpha value is -2.01. The van der Waals surface area contributed by atoms with E-state index in [9.17, 15) is 0 Å². The van der Waals surface area contributed by atoms with Crippen LogP contribution in [0.2, 0.25) is 0 Å². The molecule has 0 bridgehead atoms. The van der Waals surface area contributed by atoms with Gasteiger partial charge in [-0.25, -0.2) is 0 Å². The van der Waals surface area contributed by atoms with Crippen molar-refractivity contribution < 1.29 is 14.3 Å². The first-order valence-electron chi connectivity index (χ1n) is 10.3. The van der Waals surface area contributed by atoms with E-state index < -0.39 is 0 Å². The first-order chi connectivity index (χ1) is 13.5.